The van der Waals surface area contributed by atoms with E-state index in [0.717, 1.165) is 0 Å². The van der Waals surface area contributed by atoms with Crippen molar-refractivity contribution in [2.75, 3.05) is 0 Å². The Hall–Kier alpha value is 0. The Bertz CT molecular complexity index is 3.90. The van der Waals surface area contributed by atoms with Crippen LogP contribution in [-0.2, 0) is 0 Å². The van der Waals surface area contributed by atoms with Crippen molar-refractivity contribution in [1.82, 2.24) is 0 Å². The minimum atomic E-state index is 0. The highest BCUT2D eigenvalue weighted by molar-refractivity contribution is 3.50. The van der Waals surface area contributed by atoms with Crippen LogP contribution in [-0.4, -0.2) is 0 Å². The molecule has 0 saturated carbocycles. The van der Waals surface area contributed by atoms with Crippen LogP contribution in [0.2, 0.25) is 0 Å². The highest BCUT2D eigenvalue weighted by Gasteiger charge is 0.932. The molecule has 0 fully saturated rings. The second-order valence-corrected chi connectivity index (χ2v) is 0. The summed E-state index contributed by atoms with van der Waals surface area (Å²) in [6, 6.07) is 0. The Morgan fingerprint density at radius 3 is 0.800 bits per heavy atom. The number of hydrogen-bond acceptors (Lipinski definition) is 0. The van der Waals surface area contributed by atoms with Gasteiger partial charge < -0.3 is 0 Å². The summed E-state index contributed by atoms with van der Waals surface area (Å²) in [6.07, 6.45) is 0. The van der Waals surface area contributed by atoms with Gasteiger partial charge in [0.05, 0.1) is 0 Å². The van der Waals surface area contributed by atoms with Gasteiger partial charge in [0.2, 0.25) is 0 Å². The fourth-order valence-corrected chi connectivity index (χ4v) is 0. The first-order valence-electron chi connectivity index (χ1n) is 1.00. The van der Waals surface area contributed by atoms with E-state index >= 15 is 0 Å². The Kier molecular flexibility index (Phi) is 0. The smallest absolute Gasteiger partial charge is 0 e. The van der Waals surface area contributed by atoms with Gasteiger partial charge in [-0.1, -0.05) is 36.1 Å². The van der Waals surface area contributed by atoms with Crippen molar-refractivity contribution in [3.8, 4) is 0 Å². The molecule has 5 heavy (non-hydrogen) atoms. The van der Waals surface area contributed by atoms with E-state index in [0.29, 0.717) is 0 Å². The quantitative estimate of drug-likeness (QED) is 0.419. The van der Waals surface area contributed by atoms with Crippen molar-refractivity contribution in [3.05, 3.63) is 0 Å². The summed E-state index contributed by atoms with van der Waals surface area (Å²) < 4.78 is 0. The highest BCUT2D eigenvalue weighted by Crippen LogP contribution is 1.14. The standard InChI is InChI=1S/C2H6.3CH4.H2/c1-2;;;;/h1-2H3;3*1H4;1H. The van der Waals surface area contributed by atoms with Crippen LogP contribution in [0.5, 0.6) is 0 Å². The van der Waals surface area contributed by atoms with Crippen LogP contribution in [0.15, 0.2) is 0 Å². The van der Waals surface area contributed by atoms with Crippen LogP contribution < -0.4 is 0 Å². The van der Waals surface area contributed by atoms with Gasteiger partial charge in [0.25, 0.3) is 0 Å². The van der Waals surface area contributed by atoms with Crippen LogP contribution in [0.25, 0.3) is 0 Å². The maximum absolute atomic E-state index is 2.00. The van der Waals surface area contributed by atoms with E-state index in [1.807, 2.05) is 13.8 Å². The summed E-state index contributed by atoms with van der Waals surface area (Å²) in [6.45, 7) is 4.00. The van der Waals surface area contributed by atoms with Gasteiger partial charge >= 0.3 is 0 Å². The van der Waals surface area contributed by atoms with Crippen molar-refractivity contribution in [2.24, 2.45) is 0 Å². The van der Waals surface area contributed by atoms with Crippen LogP contribution in [0.1, 0.15) is 37.6 Å². The first kappa shape index (κ1) is 80.0. The average Bonchev–Trinajstić information content (AvgIpc) is 1.00. The minimum Gasteiger partial charge on any atom is -0.0776 e. The van der Waals surface area contributed by atoms with Crippen LogP contribution in [0.4, 0.5) is 0 Å². The van der Waals surface area contributed by atoms with E-state index in [9.17, 15) is 0 Å². The molecule has 0 aliphatic heterocycles. The molecule has 0 nitrogen and oxygen atoms in total. The fraction of sp³-hybridized carbons (Fsp3) is 1.00. The van der Waals surface area contributed by atoms with E-state index in [1.165, 1.54) is 0 Å². The van der Waals surface area contributed by atoms with Crippen molar-refractivity contribution >= 4 is 0 Å². The van der Waals surface area contributed by atoms with Crippen LogP contribution in [0.3, 0.4) is 0 Å². The molecular formula is C5H20. The van der Waals surface area contributed by atoms with Crippen molar-refractivity contribution < 1.29 is 1.43 Å². The Morgan fingerprint density at radius 1 is 0.800 bits per heavy atom. The average molecular weight is 80.2 g/mol. The van der Waals surface area contributed by atoms with Gasteiger partial charge in [0.1, 0.15) is 0 Å². The molecule has 0 unspecified atom stereocenters. The molecule has 0 aromatic carbocycles. The summed E-state index contributed by atoms with van der Waals surface area (Å²) in [5.41, 5.74) is 0. The van der Waals surface area contributed by atoms with E-state index in [4.69, 9.17) is 0 Å². The first-order valence-corrected chi connectivity index (χ1v) is 1.00. The molecule has 0 spiro atoms. The van der Waals surface area contributed by atoms with Crippen LogP contribution in [0, 0.1) is 0 Å². The van der Waals surface area contributed by atoms with Crippen LogP contribution >= 0.6 is 0 Å². The van der Waals surface area contributed by atoms with E-state index in [2.05, 4.69) is 0 Å². The summed E-state index contributed by atoms with van der Waals surface area (Å²) in [7, 11) is 0. The molecule has 0 bridgehead atoms. The maximum Gasteiger partial charge on any atom is 0 e. The van der Waals surface area contributed by atoms with Crippen molar-refractivity contribution in [1.29, 1.82) is 0 Å². The third-order valence-electron chi connectivity index (χ3n) is 0. The third kappa shape index (κ3) is 0. The predicted molar refractivity (Wildman–Crippen MR) is 33.7 cm³/mol. The minimum absolute atomic E-state index is 0. The molecule has 0 aliphatic carbocycles. The molecule has 0 aromatic rings. The molecule has 0 atom stereocenters. The lowest BCUT2D eigenvalue weighted by Crippen LogP contribution is -0.856. The summed E-state index contributed by atoms with van der Waals surface area (Å²) in [5, 5.41) is 0. The van der Waals surface area contributed by atoms with Gasteiger partial charge in [-0.05, 0) is 0 Å². The Morgan fingerprint density at radius 2 is 0.800 bits per heavy atom. The molecule has 0 heterocycles. The van der Waals surface area contributed by atoms with Gasteiger partial charge in [-0.15, -0.1) is 0 Å². The molecule has 0 saturated heterocycles. The molecule has 0 aromatic heterocycles. The Labute approximate surface area is 38.7 Å². The zero-order valence-corrected chi connectivity index (χ0v) is 2.00. The molecule has 0 N–H and O–H groups in total. The Balaban J connectivity index is -0.000000000833. The molecule has 0 radical (unpaired) electrons. The molecule has 0 amide bonds. The third-order valence-corrected chi connectivity index (χ3v) is 0. The zero-order valence-electron chi connectivity index (χ0n) is 2.00. The monoisotopic (exact) mass is 80.2 g/mol. The first-order chi connectivity index (χ1) is 1.00. The SMILES string of the molecule is C.C.C.CC.[HH]. The number of hydrogen-bond donors (Lipinski definition) is 0. The van der Waals surface area contributed by atoms with E-state index in [-0.39, 0.29) is 23.7 Å². The van der Waals surface area contributed by atoms with Gasteiger partial charge in [0.15, 0.2) is 0 Å². The van der Waals surface area contributed by atoms with E-state index in [1.54, 1.807) is 0 Å². The summed E-state index contributed by atoms with van der Waals surface area (Å²) in [4.78, 5) is 0. The highest BCUT2D eigenvalue weighted by atomic mass is 13.0. The fourth-order valence-electron chi connectivity index (χ4n) is 0. The molecule has 0 heteroatoms. The molecule has 0 aliphatic rings. The van der Waals surface area contributed by atoms with Gasteiger partial charge in [-0.2, -0.15) is 0 Å². The summed E-state index contributed by atoms with van der Waals surface area (Å²) >= 11 is 0. The van der Waals surface area contributed by atoms with Crippen molar-refractivity contribution in [3.63, 3.8) is 0 Å². The second-order valence-electron chi connectivity index (χ2n) is 0. The zero-order chi connectivity index (χ0) is 2.00. The molecule has 40 valence electrons. The lowest BCUT2D eigenvalue weighted by molar-refractivity contribution is 1.50. The predicted octanol–water partition coefficient (Wildman–Crippen LogP) is 3.18. The normalized spacial score (nSPS) is 1.20. The second kappa shape index (κ2) is 0. The lowest BCUT2D eigenvalue weighted by Gasteiger charge is -1.07. The number of rotatable bonds is 0. The van der Waals surface area contributed by atoms with Gasteiger partial charge in [-0.25, -0.2) is 0 Å². The topological polar surface area (TPSA) is 0 Å². The maximum atomic E-state index is 2.00. The van der Waals surface area contributed by atoms with Crippen molar-refractivity contribution in [2.45, 2.75) is 36.1 Å². The van der Waals surface area contributed by atoms with E-state index < -0.39 is 0 Å². The lowest BCUT2D eigenvalue weighted by atomic mass is 11.0. The van der Waals surface area contributed by atoms with Gasteiger partial charge in [-0.3, -0.25) is 0 Å². The van der Waals surface area contributed by atoms with Gasteiger partial charge in [0, 0.05) is 1.43 Å². The molecule has 0 rings (SSSR count). The largest absolute Gasteiger partial charge is 0.0776 e. The molecular weight excluding hydrogens is 60.1 g/mol. The summed E-state index contributed by atoms with van der Waals surface area (Å²) in [5.74, 6) is 0.